The van der Waals surface area contributed by atoms with E-state index in [4.69, 9.17) is 20.4 Å². The van der Waals surface area contributed by atoms with Gasteiger partial charge in [0.2, 0.25) is 23.0 Å². The van der Waals surface area contributed by atoms with Crippen LogP contribution in [0.1, 0.15) is 0 Å². The Balaban J connectivity index is -0.0000000630. The highest BCUT2D eigenvalue weighted by Gasteiger charge is 2.47. The summed E-state index contributed by atoms with van der Waals surface area (Å²) in [7, 11) is 0. The van der Waals surface area contributed by atoms with Crippen LogP contribution in [0.2, 0.25) is 0 Å². The minimum absolute atomic E-state index is 0. The van der Waals surface area contributed by atoms with Gasteiger partial charge in [-0.2, -0.15) is 0 Å². The van der Waals surface area contributed by atoms with Gasteiger partial charge in [-0.05, 0) is 0 Å². The number of rotatable bonds is 0. The highest BCUT2D eigenvalue weighted by molar-refractivity contribution is 7.08. The zero-order chi connectivity index (χ0) is 26.8. The summed E-state index contributed by atoms with van der Waals surface area (Å²) < 4.78 is 0. The van der Waals surface area contributed by atoms with Gasteiger partial charge in [0.05, 0.1) is 0 Å². The molecule has 1 saturated carbocycles. The number of ketones is 6. The number of phenolic OH excluding ortho intramolecular Hbond substituents is 2. The van der Waals surface area contributed by atoms with E-state index >= 15 is 0 Å². The SMILES string of the molecule is O.O.O.O.O.O.O.O.O=C1C(=O)C(=O)C(=O)C(=O)C1=O.O=c1c(O)c(O)c(=O)c(=O)c1=O.O=c1c(O)c(O)c(=O)c1=O. The molecule has 0 unspecified atom stereocenters. The van der Waals surface area contributed by atoms with Crippen LogP contribution in [0.3, 0.4) is 0 Å². The molecule has 0 atom stereocenters. The smallest absolute Gasteiger partial charge is 0.281 e. The van der Waals surface area contributed by atoms with Crippen LogP contribution in [-0.4, -0.2) is 98.9 Å². The van der Waals surface area contributed by atoms with Crippen molar-refractivity contribution in [1.29, 1.82) is 0 Å². The Labute approximate surface area is 223 Å². The Morgan fingerprint density at radius 3 is 0.405 bits per heavy atom. The molecule has 0 amide bonds. The highest BCUT2D eigenvalue weighted by Crippen LogP contribution is 2.10. The molecule has 238 valence electrons. The zero-order valence-electron chi connectivity index (χ0n) is 19.6. The van der Waals surface area contributed by atoms with Crippen molar-refractivity contribution in [2.45, 2.75) is 0 Å². The van der Waals surface area contributed by atoms with Crippen LogP contribution in [0.15, 0.2) is 33.6 Å². The molecule has 20 N–H and O–H groups in total. The molecule has 0 saturated heterocycles. The number of hydrogen-bond donors (Lipinski definition) is 4. The van der Waals surface area contributed by atoms with Crippen molar-refractivity contribution in [1.82, 2.24) is 0 Å². The lowest BCUT2D eigenvalue weighted by atomic mass is 9.93. The van der Waals surface area contributed by atoms with Crippen molar-refractivity contribution in [3.8, 4) is 23.0 Å². The molecule has 0 aromatic heterocycles. The first-order chi connectivity index (χ1) is 15.5. The highest BCUT2D eigenvalue weighted by atomic mass is 16.3. The van der Waals surface area contributed by atoms with Crippen LogP contribution in [0.25, 0.3) is 0 Å². The quantitative estimate of drug-likeness (QED) is 0.156. The maximum atomic E-state index is 10.5. The second kappa shape index (κ2) is 20.0. The molecule has 0 radical (unpaired) electrons. The predicted molar refractivity (Wildman–Crippen MR) is 127 cm³/mol. The Bertz CT molecular complexity index is 1470. The molecule has 0 spiro atoms. The molecule has 25 nitrogen and oxygen atoms in total. The second-order valence-corrected chi connectivity index (χ2v) is 5.67. The minimum atomic E-state index is -1.73. The van der Waals surface area contributed by atoms with E-state index in [0.717, 1.165) is 0 Å². The van der Waals surface area contributed by atoms with Crippen LogP contribution in [0, 0.1) is 0 Å². The average molecular weight is 624 g/mol. The fourth-order valence-corrected chi connectivity index (χ4v) is 1.79. The van der Waals surface area contributed by atoms with Gasteiger partial charge in [-0.3, -0.25) is 62.3 Å². The van der Waals surface area contributed by atoms with E-state index in [1.807, 2.05) is 0 Å². The topological polar surface area (TPSA) is 555 Å². The molecule has 1 fully saturated rings. The molecular weight excluding hydrogens is 604 g/mol. The third-order valence-corrected chi connectivity index (χ3v) is 3.58. The van der Waals surface area contributed by atoms with E-state index in [9.17, 15) is 62.3 Å². The predicted octanol–water partition coefficient (Wildman–Crippen LogP) is -13.7. The van der Waals surface area contributed by atoms with E-state index in [2.05, 4.69) is 0 Å². The molecule has 0 aliphatic heterocycles. The maximum Gasteiger partial charge on any atom is 0.281 e. The van der Waals surface area contributed by atoms with Crippen LogP contribution < -0.4 is 38.0 Å². The van der Waals surface area contributed by atoms with E-state index < -0.39 is 95.7 Å². The fourth-order valence-electron chi connectivity index (χ4n) is 1.79. The van der Waals surface area contributed by atoms with Gasteiger partial charge in [0.15, 0.2) is 0 Å². The normalized spacial score (nSPS) is 10.7. The van der Waals surface area contributed by atoms with Gasteiger partial charge >= 0.3 is 0 Å². The second-order valence-electron chi connectivity index (χ2n) is 5.67. The van der Waals surface area contributed by atoms with Gasteiger partial charge in [-0.25, -0.2) is 0 Å². The van der Waals surface area contributed by atoms with Gasteiger partial charge in [-0.15, -0.1) is 0 Å². The van der Waals surface area contributed by atoms with Gasteiger partial charge in [0.1, 0.15) is 0 Å². The number of carbonyl (C=O) groups is 6. The number of phenols is 2. The van der Waals surface area contributed by atoms with Crippen molar-refractivity contribution >= 4 is 34.7 Å². The van der Waals surface area contributed by atoms with E-state index in [-0.39, 0.29) is 43.8 Å². The van der Waals surface area contributed by atoms with Crippen LogP contribution in [0.4, 0.5) is 0 Å². The fraction of sp³-hybridized carbons (Fsp3) is 0. The summed E-state index contributed by atoms with van der Waals surface area (Å²) in [4.78, 5) is 135. The molecule has 0 heterocycles. The third kappa shape index (κ3) is 9.67. The molecule has 0 bridgehead atoms. The summed E-state index contributed by atoms with van der Waals surface area (Å²) in [6, 6.07) is 0. The number of benzene rings is 1. The zero-order valence-corrected chi connectivity index (χ0v) is 19.6. The first kappa shape index (κ1) is 56.3. The molecule has 3 rings (SSSR count). The number of Topliss-reactive ketones (excluding diaryl/α,β-unsaturated/α-hetero) is 6. The summed E-state index contributed by atoms with van der Waals surface area (Å²) in [6.07, 6.45) is 0. The molecule has 2 aromatic carbocycles. The van der Waals surface area contributed by atoms with Gasteiger partial charge in [0.25, 0.3) is 72.7 Å². The van der Waals surface area contributed by atoms with Crippen molar-refractivity contribution in [3.05, 3.63) is 71.6 Å². The van der Waals surface area contributed by atoms with Gasteiger partial charge in [-0.1, -0.05) is 0 Å². The Kier molecular flexibility index (Phi) is 26.9. The molecule has 1 aliphatic carbocycles. The van der Waals surface area contributed by atoms with Crippen molar-refractivity contribution in [2.24, 2.45) is 0 Å². The molecular formula is C17H20O25. The summed E-state index contributed by atoms with van der Waals surface area (Å²) in [6.45, 7) is 0. The van der Waals surface area contributed by atoms with Gasteiger partial charge in [0, 0.05) is 0 Å². The van der Waals surface area contributed by atoms with Crippen LogP contribution >= 0.6 is 0 Å². The van der Waals surface area contributed by atoms with Crippen molar-refractivity contribution in [3.63, 3.8) is 0 Å². The first-order valence-electron chi connectivity index (χ1n) is 7.80. The summed E-state index contributed by atoms with van der Waals surface area (Å²) >= 11 is 0. The van der Waals surface area contributed by atoms with Gasteiger partial charge < -0.3 is 64.2 Å². The lowest BCUT2D eigenvalue weighted by Gasteiger charge is -2.01. The van der Waals surface area contributed by atoms with Crippen molar-refractivity contribution < 1.29 is 93.0 Å². The lowest BCUT2D eigenvalue weighted by Crippen LogP contribution is -2.49. The number of aromatic hydroxyl groups is 4. The summed E-state index contributed by atoms with van der Waals surface area (Å²) in [5.41, 5.74) is -10.5. The Morgan fingerprint density at radius 2 is 0.310 bits per heavy atom. The minimum Gasteiger partial charge on any atom is -0.501 e. The maximum absolute atomic E-state index is 10.5. The standard InChI is InChI=1S/C6H2O6.C6O6.C5H2O5.8H2O/c2*7-1-2(8)4(10)6(12)5(11)3(1)9;6-1-2(7)4(9)5(10)3(1)8;;;;;;;;/h7-8H;;6-7H;8*1H2. The third-order valence-electron chi connectivity index (χ3n) is 3.58. The van der Waals surface area contributed by atoms with E-state index in [1.54, 1.807) is 0 Å². The molecule has 1 aliphatic rings. The summed E-state index contributed by atoms with van der Waals surface area (Å²) in [5.74, 6) is -15.4. The molecule has 42 heavy (non-hydrogen) atoms. The summed E-state index contributed by atoms with van der Waals surface area (Å²) in [5, 5.41) is 34.1. The van der Waals surface area contributed by atoms with Crippen LogP contribution in [-0.2, 0) is 28.8 Å². The number of carbonyl (C=O) groups excluding carboxylic acids is 6. The van der Waals surface area contributed by atoms with E-state index in [1.165, 1.54) is 0 Å². The number of hydrogen-bond acceptors (Lipinski definition) is 17. The Hall–Kier alpha value is -5.93. The average Bonchev–Trinajstić information content (AvgIpc) is 2.99. The molecule has 25 heteroatoms. The monoisotopic (exact) mass is 624 g/mol. The largest absolute Gasteiger partial charge is 0.501 e. The van der Waals surface area contributed by atoms with Crippen LogP contribution in [0.5, 0.6) is 23.0 Å². The Morgan fingerprint density at radius 1 is 0.214 bits per heavy atom. The lowest BCUT2D eigenvalue weighted by molar-refractivity contribution is -0.158. The van der Waals surface area contributed by atoms with E-state index in [0.29, 0.717) is 0 Å². The molecule has 2 aromatic rings. The first-order valence-corrected chi connectivity index (χ1v) is 7.80. The van der Waals surface area contributed by atoms with Crippen molar-refractivity contribution in [2.75, 3.05) is 0 Å².